The van der Waals surface area contributed by atoms with Gasteiger partial charge in [-0.2, -0.15) is 0 Å². The van der Waals surface area contributed by atoms with Gasteiger partial charge >= 0.3 is 0 Å². The average molecular weight is 448 g/mol. The summed E-state index contributed by atoms with van der Waals surface area (Å²) in [5.41, 5.74) is 1.49. The average Bonchev–Trinajstić information content (AvgIpc) is 2.83. The van der Waals surface area contributed by atoms with Crippen LogP contribution < -0.4 is 19.7 Å². The monoisotopic (exact) mass is 448 g/mol. The fourth-order valence-electron chi connectivity index (χ4n) is 3.71. The molecule has 33 heavy (non-hydrogen) atoms. The Bertz CT molecular complexity index is 1120. The minimum Gasteiger partial charge on any atom is -0.488 e. The summed E-state index contributed by atoms with van der Waals surface area (Å²) >= 11 is 0. The normalized spacial score (nSPS) is 15.9. The van der Waals surface area contributed by atoms with Crippen LogP contribution in [0.15, 0.2) is 78.9 Å². The molecule has 0 bridgehead atoms. The van der Waals surface area contributed by atoms with Gasteiger partial charge in [-0.3, -0.25) is 9.59 Å². The molecule has 1 aliphatic heterocycles. The molecule has 170 valence electrons. The Labute approximate surface area is 191 Å². The number of carbonyl (C=O) groups is 2. The van der Waals surface area contributed by atoms with E-state index in [0.29, 0.717) is 11.4 Å². The number of hydrogen-bond acceptors (Lipinski definition) is 4. The first-order valence-electron chi connectivity index (χ1n) is 10.8. The van der Waals surface area contributed by atoms with E-state index < -0.39 is 18.0 Å². The van der Waals surface area contributed by atoms with Crippen LogP contribution in [0.25, 0.3) is 0 Å². The Balaban J connectivity index is 1.43. The van der Waals surface area contributed by atoms with Gasteiger partial charge in [0, 0.05) is 13.0 Å². The quantitative estimate of drug-likeness (QED) is 0.559. The molecule has 0 fully saturated rings. The molecule has 0 spiro atoms. The smallest absolute Gasteiger partial charge is 0.267 e. The van der Waals surface area contributed by atoms with Crippen LogP contribution in [0.3, 0.4) is 0 Å². The molecule has 1 N–H and O–H groups in total. The number of rotatable bonds is 8. The van der Waals surface area contributed by atoms with Crippen LogP contribution in [-0.4, -0.2) is 31.1 Å². The van der Waals surface area contributed by atoms with E-state index in [4.69, 9.17) is 9.47 Å². The van der Waals surface area contributed by atoms with Gasteiger partial charge in [-0.25, -0.2) is 4.39 Å². The van der Waals surface area contributed by atoms with Crippen molar-refractivity contribution in [1.29, 1.82) is 0 Å². The molecule has 0 radical (unpaired) electrons. The van der Waals surface area contributed by atoms with Crippen molar-refractivity contribution in [3.8, 4) is 11.5 Å². The molecule has 2 amide bonds. The van der Waals surface area contributed by atoms with E-state index in [-0.39, 0.29) is 37.1 Å². The number of halogens is 1. The van der Waals surface area contributed by atoms with Crippen LogP contribution in [0.4, 0.5) is 10.1 Å². The SMILES string of the molecule is CC1Oc2ccccc2N(CCC(=O)NC(COc2ccccc2F)c2ccccc2)C1=O. The molecule has 3 aromatic rings. The second-order valence-corrected chi connectivity index (χ2v) is 7.74. The molecule has 2 unspecified atom stereocenters. The van der Waals surface area contributed by atoms with Crippen LogP contribution in [-0.2, 0) is 9.59 Å². The number of fused-ring (bicyclic) bond motifs is 1. The number of hydrogen-bond donors (Lipinski definition) is 1. The van der Waals surface area contributed by atoms with E-state index in [1.54, 1.807) is 42.2 Å². The first kappa shape index (κ1) is 22.3. The summed E-state index contributed by atoms with van der Waals surface area (Å²) in [5, 5.41) is 2.96. The van der Waals surface area contributed by atoms with Crippen LogP contribution in [0.5, 0.6) is 11.5 Å². The van der Waals surface area contributed by atoms with E-state index >= 15 is 0 Å². The second-order valence-electron chi connectivity index (χ2n) is 7.74. The molecular formula is C26H25FN2O4. The second kappa shape index (κ2) is 10.2. The van der Waals surface area contributed by atoms with Crippen molar-refractivity contribution in [3.05, 3.63) is 90.2 Å². The van der Waals surface area contributed by atoms with E-state index in [9.17, 15) is 14.0 Å². The van der Waals surface area contributed by atoms with Crippen molar-refractivity contribution in [3.63, 3.8) is 0 Å². The summed E-state index contributed by atoms with van der Waals surface area (Å²) < 4.78 is 25.3. The molecule has 0 saturated heterocycles. The molecule has 1 aliphatic rings. The lowest BCUT2D eigenvalue weighted by Crippen LogP contribution is -2.46. The third-order valence-corrected chi connectivity index (χ3v) is 5.42. The zero-order valence-electron chi connectivity index (χ0n) is 18.2. The molecule has 1 heterocycles. The fourth-order valence-corrected chi connectivity index (χ4v) is 3.71. The molecular weight excluding hydrogens is 423 g/mol. The van der Waals surface area contributed by atoms with Gasteiger partial charge in [-0.15, -0.1) is 0 Å². The summed E-state index contributed by atoms with van der Waals surface area (Å²) in [4.78, 5) is 27.1. The van der Waals surface area contributed by atoms with E-state index in [0.717, 1.165) is 5.56 Å². The third-order valence-electron chi connectivity index (χ3n) is 5.42. The molecule has 0 aliphatic carbocycles. The Kier molecular flexibility index (Phi) is 6.88. The van der Waals surface area contributed by atoms with Crippen molar-refractivity contribution < 1.29 is 23.5 Å². The maximum Gasteiger partial charge on any atom is 0.267 e. The van der Waals surface area contributed by atoms with E-state index in [1.165, 1.54) is 6.07 Å². The summed E-state index contributed by atoms with van der Waals surface area (Å²) in [7, 11) is 0. The number of anilines is 1. The van der Waals surface area contributed by atoms with Gasteiger partial charge in [0.2, 0.25) is 5.91 Å². The maximum atomic E-state index is 14.0. The molecule has 6 nitrogen and oxygen atoms in total. The van der Waals surface area contributed by atoms with Gasteiger partial charge in [0.15, 0.2) is 17.7 Å². The Morgan fingerprint density at radius 1 is 1.06 bits per heavy atom. The molecule has 0 saturated carbocycles. The van der Waals surface area contributed by atoms with Crippen LogP contribution in [0, 0.1) is 5.82 Å². The van der Waals surface area contributed by atoms with Crippen LogP contribution >= 0.6 is 0 Å². The number of carbonyl (C=O) groups excluding carboxylic acids is 2. The minimum atomic E-state index is -0.616. The predicted molar refractivity (Wildman–Crippen MR) is 123 cm³/mol. The summed E-state index contributed by atoms with van der Waals surface area (Å²) in [6.45, 7) is 1.97. The zero-order valence-corrected chi connectivity index (χ0v) is 18.2. The number of nitrogens with zero attached hydrogens (tertiary/aromatic N) is 1. The highest BCUT2D eigenvalue weighted by molar-refractivity contribution is 6.00. The van der Waals surface area contributed by atoms with E-state index in [2.05, 4.69) is 5.32 Å². The first-order chi connectivity index (χ1) is 16.0. The van der Waals surface area contributed by atoms with Gasteiger partial charge in [0.1, 0.15) is 12.4 Å². The van der Waals surface area contributed by atoms with Crippen molar-refractivity contribution in [1.82, 2.24) is 5.32 Å². The van der Waals surface area contributed by atoms with Crippen LogP contribution in [0.1, 0.15) is 24.9 Å². The van der Waals surface area contributed by atoms with E-state index in [1.807, 2.05) is 42.5 Å². The number of ether oxygens (including phenoxy) is 2. The van der Waals surface area contributed by atoms with Crippen molar-refractivity contribution in [2.24, 2.45) is 0 Å². The van der Waals surface area contributed by atoms with Crippen molar-refractivity contribution in [2.45, 2.75) is 25.5 Å². The van der Waals surface area contributed by atoms with Gasteiger partial charge < -0.3 is 19.7 Å². The molecule has 4 rings (SSSR count). The van der Waals surface area contributed by atoms with Gasteiger partial charge in [0.05, 0.1) is 11.7 Å². The largest absolute Gasteiger partial charge is 0.488 e. The Hall–Kier alpha value is -3.87. The summed E-state index contributed by atoms with van der Waals surface area (Å²) in [6.07, 6.45) is -0.523. The molecule has 2 atom stereocenters. The lowest BCUT2D eigenvalue weighted by atomic mass is 10.1. The molecule has 7 heteroatoms. The number of amides is 2. The fraction of sp³-hybridized carbons (Fsp3) is 0.231. The molecule has 0 aromatic heterocycles. The third kappa shape index (κ3) is 5.31. The van der Waals surface area contributed by atoms with Gasteiger partial charge in [-0.1, -0.05) is 54.6 Å². The highest BCUT2D eigenvalue weighted by Crippen LogP contribution is 2.33. The van der Waals surface area contributed by atoms with Crippen LogP contribution in [0.2, 0.25) is 0 Å². The zero-order chi connectivity index (χ0) is 23.2. The summed E-state index contributed by atoms with van der Waals surface area (Å²) in [6, 6.07) is 22.3. The lowest BCUT2D eigenvalue weighted by molar-refractivity contribution is -0.125. The summed E-state index contributed by atoms with van der Waals surface area (Å²) in [5.74, 6) is -0.161. The number of nitrogens with one attached hydrogen (secondary N) is 1. The molecule has 3 aromatic carbocycles. The predicted octanol–water partition coefficient (Wildman–Crippen LogP) is 4.27. The van der Waals surface area contributed by atoms with Gasteiger partial charge in [0.25, 0.3) is 5.91 Å². The standard InChI is InChI=1S/C26H25FN2O4/c1-18-26(31)29(22-12-6-8-14-24(22)33-18)16-15-25(30)28-21(19-9-3-2-4-10-19)17-32-23-13-7-5-11-20(23)27/h2-14,18,21H,15-17H2,1H3,(H,28,30). The lowest BCUT2D eigenvalue weighted by Gasteiger charge is -2.33. The highest BCUT2D eigenvalue weighted by Gasteiger charge is 2.31. The van der Waals surface area contributed by atoms with Crippen molar-refractivity contribution in [2.75, 3.05) is 18.1 Å². The van der Waals surface area contributed by atoms with Crippen molar-refractivity contribution >= 4 is 17.5 Å². The van der Waals surface area contributed by atoms with Gasteiger partial charge in [-0.05, 0) is 36.8 Å². The highest BCUT2D eigenvalue weighted by atomic mass is 19.1. The number of para-hydroxylation sites is 3. The Morgan fingerprint density at radius 3 is 2.55 bits per heavy atom. The maximum absolute atomic E-state index is 14.0. The minimum absolute atomic E-state index is 0.0625. The Morgan fingerprint density at radius 2 is 1.76 bits per heavy atom. The topological polar surface area (TPSA) is 67.9 Å². The first-order valence-corrected chi connectivity index (χ1v) is 10.8. The number of benzene rings is 3.